The number of amides is 1. The number of para-hydroxylation sites is 1. The van der Waals surface area contributed by atoms with Crippen molar-refractivity contribution in [1.29, 1.82) is 0 Å². The molecule has 0 spiro atoms. The van der Waals surface area contributed by atoms with E-state index in [9.17, 15) is 4.79 Å². The molecule has 0 atom stereocenters. The molecular formula is C23H26N4O4S. The van der Waals surface area contributed by atoms with Crippen molar-refractivity contribution in [3.05, 3.63) is 53.9 Å². The van der Waals surface area contributed by atoms with Crippen molar-refractivity contribution < 1.29 is 19.0 Å². The number of aromatic nitrogens is 3. The fourth-order valence-corrected chi connectivity index (χ4v) is 4.01. The van der Waals surface area contributed by atoms with Gasteiger partial charge in [-0.1, -0.05) is 30.0 Å². The Labute approximate surface area is 191 Å². The monoisotopic (exact) mass is 454 g/mol. The number of benzene rings is 2. The van der Waals surface area contributed by atoms with E-state index in [0.717, 1.165) is 29.9 Å². The summed E-state index contributed by atoms with van der Waals surface area (Å²) in [7, 11) is 4.68. The van der Waals surface area contributed by atoms with E-state index in [-0.39, 0.29) is 11.7 Å². The third-order valence-electron chi connectivity index (χ3n) is 5.10. The summed E-state index contributed by atoms with van der Waals surface area (Å²) >= 11 is 1.34. The summed E-state index contributed by atoms with van der Waals surface area (Å²) < 4.78 is 18.0. The molecular weight excluding hydrogens is 428 g/mol. The standard InChI is InChI=1S/C23H26N4O4S/c1-29-18-11-15(12-19(30-2)21(18)31-3)13-24-20(28)14-32-23-25-22(16-9-10-16)27(26-23)17-7-5-4-6-8-17/h4-8,11-12,16H,9-10,13-14H2,1-3H3,(H,24,28). The second-order valence-corrected chi connectivity index (χ2v) is 8.32. The van der Waals surface area contributed by atoms with Crippen molar-refractivity contribution >= 4 is 17.7 Å². The van der Waals surface area contributed by atoms with Gasteiger partial charge >= 0.3 is 0 Å². The number of rotatable bonds is 10. The highest BCUT2D eigenvalue weighted by Gasteiger charge is 2.30. The first-order valence-corrected chi connectivity index (χ1v) is 11.3. The van der Waals surface area contributed by atoms with Gasteiger partial charge in [-0.3, -0.25) is 4.79 Å². The van der Waals surface area contributed by atoms with E-state index in [1.807, 2.05) is 47.1 Å². The molecule has 1 aliphatic rings. The zero-order chi connectivity index (χ0) is 22.5. The molecule has 1 aliphatic carbocycles. The van der Waals surface area contributed by atoms with Gasteiger partial charge in [-0.15, -0.1) is 5.10 Å². The Balaban J connectivity index is 1.38. The van der Waals surface area contributed by atoms with Crippen LogP contribution in [0.25, 0.3) is 5.69 Å². The zero-order valence-corrected chi connectivity index (χ0v) is 19.1. The summed E-state index contributed by atoms with van der Waals surface area (Å²) in [6.45, 7) is 0.343. The molecule has 1 saturated carbocycles. The maximum Gasteiger partial charge on any atom is 0.230 e. The van der Waals surface area contributed by atoms with Crippen LogP contribution in [0.5, 0.6) is 17.2 Å². The molecule has 1 heterocycles. The number of nitrogens with one attached hydrogen (secondary N) is 1. The van der Waals surface area contributed by atoms with Crippen molar-refractivity contribution in [2.75, 3.05) is 27.1 Å². The zero-order valence-electron chi connectivity index (χ0n) is 18.3. The Kier molecular flexibility index (Phi) is 6.84. The predicted octanol–water partition coefficient (Wildman–Crippen LogP) is 3.58. The number of hydrogen-bond acceptors (Lipinski definition) is 7. The fraction of sp³-hybridized carbons (Fsp3) is 0.348. The molecule has 1 N–H and O–H groups in total. The number of thioether (sulfide) groups is 1. The molecule has 0 unspecified atom stereocenters. The highest BCUT2D eigenvalue weighted by molar-refractivity contribution is 7.99. The van der Waals surface area contributed by atoms with E-state index in [4.69, 9.17) is 19.2 Å². The molecule has 1 aromatic heterocycles. The summed E-state index contributed by atoms with van der Waals surface area (Å²) in [6, 6.07) is 13.6. The lowest BCUT2D eigenvalue weighted by Gasteiger charge is -2.14. The lowest BCUT2D eigenvalue weighted by Crippen LogP contribution is -2.24. The van der Waals surface area contributed by atoms with Gasteiger partial charge in [0.25, 0.3) is 0 Å². The normalized spacial score (nSPS) is 13.0. The molecule has 4 rings (SSSR count). The van der Waals surface area contributed by atoms with Gasteiger partial charge < -0.3 is 19.5 Å². The van der Waals surface area contributed by atoms with Crippen molar-refractivity contribution in [2.45, 2.75) is 30.5 Å². The van der Waals surface area contributed by atoms with Gasteiger partial charge in [0.05, 0.1) is 32.8 Å². The van der Waals surface area contributed by atoms with Crippen LogP contribution >= 0.6 is 11.8 Å². The molecule has 9 heteroatoms. The van der Waals surface area contributed by atoms with Crippen LogP contribution < -0.4 is 19.5 Å². The Morgan fingerprint density at radius 3 is 2.38 bits per heavy atom. The minimum Gasteiger partial charge on any atom is -0.493 e. The van der Waals surface area contributed by atoms with Crippen molar-refractivity contribution in [2.24, 2.45) is 0 Å². The number of nitrogens with zero attached hydrogens (tertiary/aromatic N) is 3. The third kappa shape index (κ3) is 4.99. The number of carbonyl (C=O) groups excluding carboxylic acids is 1. The quantitative estimate of drug-likeness (QED) is 0.469. The van der Waals surface area contributed by atoms with Crippen LogP contribution in [0.15, 0.2) is 47.6 Å². The number of methoxy groups -OCH3 is 3. The van der Waals surface area contributed by atoms with E-state index in [1.165, 1.54) is 11.8 Å². The Morgan fingerprint density at radius 2 is 1.78 bits per heavy atom. The van der Waals surface area contributed by atoms with Crippen LogP contribution in [0.4, 0.5) is 0 Å². The van der Waals surface area contributed by atoms with Crippen LogP contribution in [0.3, 0.4) is 0 Å². The average Bonchev–Trinajstić information content (AvgIpc) is 3.60. The van der Waals surface area contributed by atoms with Crippen LogP contribution in [-0.2, 0) is 11.3 Å². The van der Waals surface area contributed by atoms with Gasteiger partial charge in [0.15, 0.2) is 11.5 Å². The number of ether oxygens (including phenoxy) is 3. The lowest BCUT2D eigenvalue weighted by atomic mass is 10.2. The molecule has 3 aromatic rings. The number of hydrogen-bond donors (Lipinski definition) is 1. The first-order valence-electron chi connectivity index (χ1n) is 10.3. The van der Waals surface area contributed by atoms with Gasteiger partial charge in [-0.25, -0.2) is 9.67 Å². The van der Waals surface area contributed by atoms with Crippen LogP contribution in [-0.4, -0.2) is 47.8 Å². The predicted molar refractivity (Wildman–Crippen MR) is 122 cm³/mol. The van der Waals surface area contributed by atoms with Gasteiger partial charge in [0.1, 0.15) is 5.82 Å². The Morgan fingerprint density at radius 1 is 1.09 bits per heavy atom. The van der Waals surface area contributed by atoms with Crippen molar-refractivity contribution in [3.63, 3.8) is 0 Å². The van der Waals surface area contributed by atoms with E-state index in [2.05, 4.69) is 10.4 Å². The molecule has 1 amide bonds. The summed E-state index contributed by atoms with van der Waals surface area (Å²) in [5.41, 5.74) is 1.83. The minimum atomic E-state index is -0.104. The van der Waals surface area contributed by atoms with E-state index < -0.39 is 0 Å². The Hall–Kier alpha value is -3.20. The summed E-state index contributed by atoms with van der Waals surface area (Å²) in [5, 5.41) is 8.17. The first-order chi connectivity index (χ1) is 15.6. The van der Waals surface area contributed by atoms with Crippen molar-refractivity contribution in [3.8, 4) is 22.9 Å². The summed E-state index contributed by atoms with van der Waals surface area (Å²) in [5.74, 6) is 3.16. The van der Waals surface area contributed by atoms with E-state index in [1.54, 1.807) is 21.3 Å². The molecule has 0 bridgehead atoms. The molecule has 8 nitrogen and oxygen atoms in total. The molecule has 0 aliphatic heterocycles. The van der Waals surface area contributed by atoms with Gasteiger partial charge in [-0.2, -0.15) is 0 Å². The summed E-state index contributed by atoms with van der Waals surface area (Å²) in [6.07, 6.45) is 2.26. The third-order valence-corrected chi connectivity index (χ3v) is 5.94. The summed E-state index contributed by atoms with van der Waals surface area (Å²) in [4.78, 5) is 17.1. The molecule has 0 saturated heterocycles. The average molecular weight is 455 g/mol. The molecule has 0 radical (unpaired) electrons. The highest BCUT2D eigenvalue weighted by Crippen LogP contribution is 2.40. The van der Waals surface area contributed by atoms with Gasteiger partial charge in [-0.05, 0) is 42.7 Å². The fourth-order valence-electron chi connectivity index (χ4n) is 3.35. The second-order valence-electron chi connectivity index (χ2n) is 7.37. The maximum atomic E-state index is 12.4. The largest absolute Gasteiger partial charge is 0.493 e. The van der Waals surface area contributed by atoms with Crippen LogP contribution in [0.2, 0.25) is 0 Å². The lowest BCUT2D eigenvalue weighted by molar-refractivity contribution is -0.118. The van der Waals surface area contributed by atoms with E-state index >= 15 is 0 Å². The minimum absolute atomic E-state index is 0.104. The topological polar surface area (TPSA) is 87.5 Å². The molecule has 1 fully saturated rings. The first kappa shape index (κ1) is 22.0. The smallest absolute Gasteiger partial charge is 0.230 e. The SMILES string of the molecule is COc1cc(CNC(=O)CSc2nc(C3CC3)n(-c3ccccc3)n2)cc(OC)c1OC. The number of carbonyl (C=O) groups is 1. The van der Waals surface area contributed by atoms with Crippen LogP contribution in [0.1, 0.15) is 30.1 Å². The molecule has 168 valence electrons. The van der Waals surface area contributed by atoms with Gasteiger partial charge in [0.2, 0.25) is 16.8 Å². The van der Waals surface area contributed by atoms with E-state index in [0.29, 0.717) is 34.9 Å². The van der Waals surface area contributed by atoms with Gasteiger partial charge in [0, 0.05) is 12.5 Å². The van der Waals surface area contributed by atoms with Crippen molar-refractivity contribution in [1.82, 2.24) is 20.1 Å². The molecule has 32 heavy (non-hydrogen) atoms. The Bertz CT molecular complexity index is 1060. The second kappa shape index (κ2) is 9.95. The highest BCUT2D eigenvalue weighted by atomic mass is 32.2. The van der Waals surface area contributed by atoms with Crippen LogP contribution in [0, 0.1) is 0 Å². The maximum absolute atomic E-state index is 12.4. The molecule has 2 aromatic carbocycles.